The number of aryl methyl sites for hydroxylation is 3. The first-order valence-corrected chi connectivity index (χ1v) is 13.4. The number of ether oxygens (including phenoxy) is 1. The Morgan fingerprint density at radius 2 is 1.92 bits per heavy atom. The zero-order valence-corrected chi connectivity index (χ0v) is 24.8. The Kier molecular flexibility index (Phi) is 15.1. The standard InChI is InChI=1S/C22H30N4.C11H16O/c1-7-9-10-11-12-18(8-2)25-15-20(16(3)4)21-13-17(5)19(14-23)22(24-6)26-21;1-4-5-10-8-9(2)6-7-11(10)12-3/h11-15,18,23H,7-8H2,1-6H3,(H,24,26);6-8H,4-5H2,1-3H3/b12-11-,23-14?,25-15?;. The summed E-state index contributed by atoms with van der Waals surface area (Å²) >= 11 is 0. The number of nitrogens with zero attached hydrogens (tertiary/aromatic N) is 2. The van der Waals surface area contributed by atoms with Gasteiger partial charge in [0.2, 0.25) is 0 Å². The molecule has 0 aliphatic rings. The van der Waals surface area contributed by atoms with Gasteiger partial charge in [0.1, 0.15) is 11.6 Å². The maximum absolute atomic E-state index is 7.59. The molecule has 2 N–H and O–H groups in total. The number of hydrogen-bond donors (Lipinski definition) is 2. The number of rotatable bonds is 10. The van der Waals surface area contributed by atoms with Crippen LogP contribution >= 0.6 is 0 Å². The highest BCUT2D eigenvalue weighted by molar-refractivity contribution is 6.10. The lowest BCUT2D eigenvalue weighted by Crippen LogP contribution is -2.05. The molecule has 0 saturated carbocycles. The monoisotopic (exact) mass is 514 g/mol. The lowest BCUT2D eigenvalue weighted by Gasteiger charge is -2.13. The predicted octanol–water partition coefficient (Wildman–Crippen LogP) is 8.00. The smallest absolute Gasteiger partial charge is 0.135 e. The molecular weight excluding hydrogens is 468 g/mol. The molecule has 0 fully saturated rings. The zero-order chi connectivity index (χ0) is 28.5. The number of pyridine rings is 1. The number of anilines is 1. The van der Waals surface area contributed by atoms with Gasteiger partial charge in [-0.1, -0.05) is 68.4 Å². The van der Waals surface area contributed by atoms with Crippen LogP contribution in [0.2, 0.25) is 0 Å². The van der Waals surface area contributed by atoms with E-state index in [0.717, 1.165) is 53.0 Å². The average Bonchev–Trinajstić information content (AvgIpc) is 2.90. The number of hydrogen-bond acceptors (Lipinski definition) is 5. The van der Waals surface area contributed by atoms with E-state index in [1.165, 1.54) is 23.8 Å². The molecule has 2 aromatic rings. The summed E-state index contributed by atoms with van der Waals surface area (Å²) in [6, 6.07) is 8.43. The van der Waals surface area contributed by atoms with Crippen LogP contribution < -0.4 is 10.1 Å². The highest BCUT2D eigenvalue weighted by Gasteiger charge is 2.11. The van der Waals surface area contributed by atoms with E-state index in [-0.39, 0.29) is 6.04 Å². The van der Waals surface area contributed by atoms with Crippen LogP contribution in [0.25, 0.3) is 5.57 Å². The first-order chi connectivity index (χ1) is 18.3. The summed E-state index contributed by atoms with van der Waals surface area (Å²) in [5.41, 5.74) is 7.47. The van der Waals surface area contributed by atoms with Crippen molar-refractivity contribution in [2.24, 2.45) is 4.99 Å². The molecule has 38 heavy (non-hydrogen) atoms. The fraction of sp³-hybridized carbons (Fsp3) is 0.424. The summed E-state index contributed by atoms with van der Waals surface area (Å²) in [5, 5.41) is 10.7. The van der Waals surface area contributed by atoms with Crippen molar-refractivity contribution in [2.45, 2.75) is 80.2 Å². The molecule has 0 spiro atoms. The summed E-state index contributed by atoms with van der Waals surface area (Å²) in [6.45, 7) is 14.6. The van der Waals surface area contributed by atoms with Gasteiger partial charge in [-0.15, -0.1) is 0 Å². The van der Waals surface area contributed by atoms with Crippen molar-refractivity contribution in [3.05, 3.63) is 69.9 Å². The Hall–Kier alpha value is -3.65. The number of aliphatic imine (C=N–C) groups is 1. The van der Waals surface area contributed by atoms with Gasteiger partial charge in [-0.3, -0.25) is 4.99 Å². The van der Waals surface area contributed by atoms with Crippen LogP contribution in [0.5, 0.6) is 5.75 Å². The Balaban J connectivity index is 0.000000499. The minimum Gasteiger partial charge on any atom is -0.496 e. The lowest BCUT2D eigenvalue weighted by atomic mass is 10.0. The molecule has 0 aliphatic heterocycles. The molecule has 5 nitrogen and oxygen atoms in total. The van der Waals surface area contributed by atoms with E-state index in [2.05, 4.69) is 68.9 Å². The molecule has 1 unspecified atom stereocenters. The van der Waals surface area contributed by atoms with Gasteiger partial charge in [0.25, 0.3) is 0 Å². The van der Waals surface area contributed by atoms with Gasteiger partial charge in [0.15, 0.2) is 0 Å². The largest absolute Gasteiger partial charge is 0.496 e. The van der Waals surface area contributed by atoms with Crippen molar-refractivity contribution >= 4 is 23.8 Å². The van der Waals surface area contributed by atoms with E-state index in [9.17, 15) is 0 Å². The van der Waals surface area contributed by atoms with Gasteiger partial charge in [-0.25, -0.2) is 4.98 Å². The minimum atomic E-state index is 0.0984. The molecule has 1 aromatic heterocycles. The maximum atomic E-state index is 7.59. The minimum absolute atomic E-state index is 0.0984. The van der Waals surface area contributed by atoms with Crippen molar-refractivity contribution in [3.63, 3.8) is 0 Å². The number of aromatic nitrogens is 1. The van der Waals surface area contributed by atoms with E-state index < -0.39 is 0 Å². The van der Waals surface area contributed by atoms with Crippen LogP contribution in [0.1, 0.15) is 81.8 Å². The number of methoxy groups -OCH3 is 1. The second-order valence-electron chi connectivity index (χ2n) is 9.25. The van der Waals surface area contributed by atoms with Gasteiger partial charge in [-0.05, 0) is 69.9 Å². The zero-order valence-electron chi connectivity index (χ0n) is 24.8. The highest BCUT2D eigenvalue weighted by Crippen LogP contribution is 2.23. The topological polar surface area (TPSA) is 70.4 Å². The third-order valence-electron chi connectivity index (χ3n) is 5.91. The molecule has 0 saturated heterocycles. The third kappa shape index (κ3) is 10.4. The molecule has 1 heterocycles. The Morgan fingerprint density at radius 3 is 2.47 bits per heavy atom. The number of benzene rings is 1. The summed E-state index contributed by atoms with van der Waals surface area (Å²) < 4.78 is 5.25. The molecule has 0 bridgehead atoms. The molecule has 0 aliphatic carbocycles. The lowest BCUT2D eigenvalue weighted by molar-refractivity contribution is 0.409. The summed E-state index contributed by atoms with van der Waals surface area (Å²) in [4.78, 5) is 9.41. The second-order valence-corrected chi connectivity index (χ2v) is 9.25. The van der Waals surface area contributed by atoms with Gasteiger partial charge < -0.3 is 15.5 Å². The Morgan fingerprint density at radius 1 is 1.18 bits per heavy atom. The normalized spacial score (nSPS) is 11.3. The fourth-order valence-corrected chi connectivity index (χ4v) is 3.80. The first-order valence-electron chi connectivity index (χ1n) is 13.4. The van der Waals surface area contributed by atoms with Crippen LogP contribution in [0.4, 0.5) is 5.82 Å². The molecule has 0 amide bonds. The van der Waals surface area contributed by atoms with E-state index in [0.29, 0.717) is 5.82 Å². The van der Waals surface area contributed by atoms with Crippen LogP contribution in [-0.2, 0) is 6.42 Å². The quantitative estimate of drug-likeness (QED) is 0.249. The first kappa shape index (κ1) is 32.4. The summed E-state index contributed by atoms with van der Waals surface area (Å²) in [7, 11) is 3.55. The maximum Gasteiger partial charge on any atom is 0.135 e. The van der Waals surface area contributed by atoms with Gasteiger partial charge in [-0.2, -0.15) is 0 Å². The van der Waals surface area contributed by atoms with Crippen LogP contribution in [-0.4, -0.2) is 37.6 Å². The molecule has 1 aromatic carbocycles. The molecule has 5 heteroatoms. The SMILES string of the molecule is CCC#C/C=C\C(CC)N=CC(=C(C)C)c1cc(C)c(C=N)c(NC)n1.CCCc1cc(C)ccc1OC. The van der Waals surface area contributed by atoms with Crippen molar-refractivity contribution in [1.82, 2.24) is 4.98 Å². The Bertz CT molecular complexity index is 1190. The third-order valence-corrected chi connectivity index (χ3v) is 5.91. The summed E-state index contributed by atoms with van der Waals surface area (Å²) in [5.74, 6) is 7.78. The van der Waals surface area contributed by atoms with Gasteiger partial charge >= 0.3 is 0 Å². The second kappa shape index (κ2) is 17.7. The van der Waals surface area contributed by atoms with Crippen LogP contribution in [0.15, 0.2) is 47.0 Å². The molecular formula is C33H46N4O. The van der Waals surface area contributed by atoms with E-state index in [4.69, 9.17) is 15.1 Å². The van der Waals surface area contributed by atoms with Crippen molar-refractivity contribution in [2.75, 3.05) is 19.5 Å². The van der Waals surface area contributed by atoms with Crippen molar-refractivity contribution in [3.8, 4) is 17.6 Å². The van der Waals surface area contributed by atoms with E-state index in [1.54, 1.807) is 7.11 Å². The number of allylic oxidation sites excluding steroid dienone is 3. The highest BCUT2D eigenvalue weighted by atomic mass is 16.5. The van der Waals surface area contributed by atoms with Crippen LogP contribution in [0, 0.1) is 31.1 Å². The van der Waals surface area contributed by atoms with Gasteiger partial charge in [0, 0.05) is 37.0 Å². The van der Waals surface area contributed by atoms with Crippen molar-refractivity contribution in [1.29, 1.82) is 5.41 Å². The van der Waals surface area contributed by atoms with Crippen LogP contribution in [0.3, 0.4) is 0 Å². The predicted molar refractivity (Wildman–Crippen MR) is 166 cm³/mol. The fourth-order valence-electron chi connectivity index (χ4n) is 3.80. The average molecular weight is 515 g/mol. The van der Waals surface area contributed by atoms with Crippen molar-refractivity contribution < 1.29 is 4.74 Å². The molecule has 1 atom stereocenters. The summed E-state index contributed by atoms with van der Waals surface area (Å²) in [6.07, 6.45) is 11.2. The van der Waals surface area contributed by atoms with E-state index in [1.807, 2.05) is 51.4 Å². The molecule has 204 valence electrons. The van der Waals surface area contributed by atoms with E-state index >= 15 is 0 Å². The van der Waals surface area contributed by atoms with Gasteiger partial charge in [0.05, 0.1) is 18.8 Å². The Labute approximate surface area is 231 Å². The molecule has 2 rings (SSSR count). The number of nitrogens with one attached hydrogen (secondary N) is 2. The molecule has 0 radical (unpaired) electrons.